The van der Waals surface area contributed by atoms with Gasteiger partial charge in [-0.25, -0.2) is 17.7 Å². The molecule has 0 radical (unpaired) electrons. The molecule has 52 heavy (non-hydrogen) atoms. The van der Waals surface area contributed by atoms with E-state index >= 15 is 0 Å². The number of benzene rings is 3. The molecule has 0 fully saturated rings. The average molecular weight is 739 g/mol. The van der Waals surface area contributed by atoms with Crippen molar-refractivity contribution in [3.05, 3.63) is 80.4 Å². The van der Waals surface area contributed by atoms with E-state index in [-0.39, 0.29) is 0 Å². The monoisotopic (exact) mass is 738 g/mol. The first-order valence-electron chi connectivity index (χ1n) is 18.5. The Morgan fingerprint density at radius 1 is 0.885 bits per heavy atom. The second kappa shape index (κ2) is 14.8. The van der Waals surface area contributed by atoms with E-state index in [2.05, 4.69) is 26.3 Å². The minimum atomic E-state index is -5.19. The molecular formula is C39H45F3N4O5S. The summed E-state index contributed by atoms with van der Waals surface area (Å²) in [7, 11) is -3.75. The number of aliphatic carboxylic acids is 1. The van der Waals surface area contributed by atoms with E-state index in [1.165, 1.54) is 33.3 Å². The molecule has 0 atom stereocenters. The third-order valence-electron chi connectivity index (χ3n) is 10.8. The molecule has 13 heteroatoms. The van der Waals surface area contributed by atoms with Crippen LogP contribution in [0.2, 0.25) is 0 Å². The lowest BCUT2D eigenvalue weighted by Crippen LogP contribution is -2.45. The van der Waals surface area contributed by atoms with Gasteiger partial charge in [-0.1, -0.05) is 31.0 Å². The van der Waals surface area contributed by atoms with Crippen LogP contribution >= 0.6 is 0 Å². The lowest BCUT2D eigenvalue weighted by atomic mass is 9.82. The van der Waals surface area contributed by atoms with E-state index in [0.717, 1.165) is 137 Å². The molecule has 5 aliphatic rings. The van der Waals surface area contributed by atoms with Crippen molar-refractivity contribution in [2.24, 2.45) is 5.73 Å². The highest BCUT2D eigenvalue weighted by molar-refractivity contribution is 7.89. The molecule has 3 aromatic rings. The molecule has 3 aromatic carbocycles. The summed E-state index contributed by atoms with van der Waals surface area (Å²) in [6, 6.07) is 12.3. The number of hydrogen-bond acceptors (Lipinski definition) is 7. The maximum atomic E-state index is 14.0. The summed E-state index contributed by atoms with van der Waals surface area (Å²) in [5.41, 5.74) is 15.2. The van der Waals surface area contributed by atoms with Crippen molar-refractivity contribution >= 4 is 27.3 Å². The molecule has 0 saturated heterocycles. The van der Waals surface area contributed by atoms with E-state index in [0.29, 0.717) is 18.0 Å². The van der Waals surface area contributed by atoms with Crippen molar-refractivity contribution in [1.82, 2.24) is 9.30 Å². The second-order valence-corrected chi connectivity index (χ2v) is 16.0. The molecule has 9 nitrogen and oxygen atoms in total. The Bertz CT molecular complexity index is 2130. The van der Waals surface area contributed by atoms with Gasteiger partial charge in [-0.3, -0.25) is 0 Å². The van der Waals surface area contributed by atoms with E-state index in [1.54, 1.807) is 6.07 Å². The summed E-state index contributed by atoms with van der Waals surface area (Å²) in [6.45, 7) is 5.48. The fourth-order valence-corrected chi connectivity index (χ4v) is 9.90. The molecule has 3 N–H and O–H groups in total. The van der Waals surface area contributed by atoms with Crippen molar-refractivity contribution in [3.8, 4) is 11.5 Å². The molecule has 8 rings (SSSR count). The Kier molecular flexibility index (Phi) is 10.4. The second-order valence-electron chi connectivity index (χ2n) is 14.2. The van der Waals surface area contributed by atoms with Crippen LogP contribution in [-0.4, -0.2) is 59.8 Å². The summed E-state index contributed by atoms with van der Waals surface area (Å²) in [4.78, 5) is 11.7. The first kappa shape index (κ1) is 36.4. The quantitative estimate of drug-likeness (QED) is 0.200. The molecule has 0 spiro atoms. The number of nitrogens with zero attached hydrogens (tertiary/aromatic N) is 2. The highest BCUT2D eigenvalue weighted by Crippen LogP contribution is 2.49. The average Bonchev–Trinajstić information content (AvgIpc) is 3.13. The molecule has 5 aliphatic heterocycles. The summed E-state index contributed by atoms with van der Waals surface area (Å²) >= 11 is 0. The fraction of sp³-hybridized carbons (Fsp3) is 0.487. The highest BCUT2D eigenvalue weighted by atomic mass is 32.2. The topological polar surface area (TPSA) is 128 Å². The number of fused-ring (bicyclic) bond motifs is 4. The predicted molar refractivity (Wildman–Crippen MR) is 191 cm³/mol. The lowest BCUT2D eigenvalue weighted by Gasteiger charge is -2.39. The van der Waals surface area contributed by atoms with E-state index < -0.39 is 22.2 Å². The third-order valence-corrected chi connectivity index (χ3v) is 12.3. The number of carboxylic acid groups (broad SMARTS) is 1. The number of ether oxygens (including phenoxy) is 1. The zero-order valence-corrected chi connectivity index (χ0v) is 30.1. The molecular weight excluding hydrogens is 694 g/mol. The van der Waals surface area contributed by atoms with Crippen molar-refractivity contribution < 1.29 is 36.2 Å². The van der Waals surface area contributed by atoms with Crippen molar-refractivity contribution in [1.29, 1.82) is 0 Å². The molecule has 0 aromatic heterocycles. The lowest BCUT2D eigenvalue weighted by molar-refractivity contribution is -0.344. The zero-order valence-electron chi connectivity index (χ0n) is 29.2. The number of aryl methyl sites for hydroxylation is 2. The van der Waals surface area contributed by atoms with Gasteiger partial charge in [0.15, 0.2) is 0 Å². The van der Waals surface area contributed by atoms with Gasteiger partial charge in [0.1, 0.15) is 30.6 Å². The van der Waals surface area contributed by atoms with Crippen molar-refractivity contribution in [2.45, 2.75) is 88.1 Å². The van der Waals surface area contributed by atoms with Gasteiger partial charge in [0.25, 0.3) is 0 Å². The molecule has 278 valence electrons. The van der Waals surface area contributed by atoms with Gasteiger partial charge in [-0.15, -0.1) is 0 Å². The number of sulfonamides is 1. The van der Waals surface area contributed by atoms with Gasteiger partial charge in [-0.2, -0.15) is 13.2 Å². The highest BCUT2D eigenvalue weighted by Gasteiger charge is 2.37. The number of carboxylic acids is 1. The number of unbranched alkanes of at least 4 members (excludes halogenated alkanes) is 3. The van der Waals surface area contributed by atoms with Gasteiger partial charge >= 0.3 is 6.18 Å². The smallest absolute Gasteiger partial charge is 0.430 e. The number of carbonyl (C=O) groups is 1. The molecule has 0 aliphatic carbocycles. The number of halogens is 3. The van der Waals surface area contributed by atoms with E-state index in [1.807, 2.05) is 18.2 Å². The van der Waals surface area contributed by atoms with Crippen LogP contribution in [0.15, 0.2) is 41.3 Å². The number of rotatable bonds is 9. The molecule has 0 amide bonds. The molecule has 0 unspecified atom stereocenters. The number of nitrogens with two attached hydrogens (primary N) is 1. The van der Waals surface area contributed by atoms with Gasteiger partial charge in [0.2, 0.25) is 15.4 Å². The number of anilines is 1. The normalized spacial score (nSPS) is 17.2. The number of alkyl halides is 3. The van der Waals surface area contributed by atoms with E-state index in [4.69, 9.17) is 20.4 Å². The summed E-state index contributed by atoms with van der Waals surface area (Å²) in [5.74, 6) is -1.11. The minimum Gasteiger partial charge on any atom is -0.542 e. The number of carbonyl (C=O) groups excluding carboxylic acids is 1. The van der Waals surface area contributed by atoms with Crippen LogP contribution in [0.1, 0.15) is 84.7 Å². The third kappa shape index (κ3) is 6.94. The molecule has 0 bridgehead atoms. The van der Waals surface area contributed by atoms with Crippen LogP contribution in [0, 0.1) is 0 Å². The molecule has 0 saturated carbocycles. The van der Waals surface area contributed by atoms with E-state index in [9.17, 15) is 21.6 Å². The summed E-state index contributed by atoms with van der Waals surface area (Å²) in [5, 5.41) is 11.2. The minimum absolute atomic E-state index is 0.349. The first-order valence-corrected chi connectivity index (χ1v) is 20.0. The fourth-order valence-electron chi connectivity index (χ4n) is 8.62. The van der Waals surface area contributed by atoms with Crippen molar-refractivity contribution in [3.63, 3.8) is 0 Å². The van der Waals surface area contributed by atoms with Gasteiger partial charge in [0.05, 0.1) is 10.5 Å². The zero-order chi connectivity index (χ0) is 36.6. The number of nitrogens with one attached hydrogen (secondary N) is 1. The Labute approximate surface area is 302 Å². The predicted octanol–water partition coefficient (Wildman–Crippen LogP) is 3.22. The largest absolute Gasteiger partial charge is 0.542 e. The van der Waals surface area contributed by atoms with Crippen LogP contribution in [0.25, 0.3) is 5.57 Å². The van der Waals surface area contributed by atoms with Crippen molar-refractivity contribution in [2.75, 3.05) is 44.2 Å². The first-order chi connectivity index (χ1) is 25.0. The Balaban J connectivity index is 0.000000548. The van der Waals surface area contributed by atoms with Crippen LogP contribution in [0.5, 0.6) is 11.5 Å². The van der Waals surface area contributed by atoms with Crippen LogP contribution < -0.4 is 40.4 Å². The number of hydrogen-bond donors (Lipinski definition) is 2. The Morgan fingerprint density at radius 2 is 1.56 bits per heavy atom. The van der Waals surface area contributed by atoms with Gasteiger partial charge < -0.3 is 25.3 Å². The van der Waals surface area contributed by atoms with Crippen LogP contribution in [0.3, 0.4) is 0 Å². The summed E-state index contributed by atoms with van der Waals surface area (Å²) in [6.07, 6.45) is 7.14. The molecule has 5 heterocycles. The maximum absolute atomic E-state index is 14.0. The maximum Gasteiger partial charge on any atom is 0.430 e. The van der Waals surface area contributed by atoms with Crippen LogP contribution in [0.4, 0.5) is 18.9 Å². The van der Waals surface area contributed by atoms with Crippen LogP contribution in [-0.2, 0) is 40.5 Å². The Morgan fingerprint density at radius 3 is 2.31 bits per heavy atom. The standard InChI is InChI=1S/C37H45N4O3S.C2HF3O2/c38-17-5-1-2-6-18-39-45(42,43)32-16-4-3-13-27(32)33-30-23-25-11-7-19-40-21-9-14-28(34(25)40)36(30)44-37-29-15-10-22-41-20-8-12-26(35(29)41)24-31(33)37;3-2(4,5)1(6)7/h3-4,13,16,23-24,39H,1-2,5-12,14-15,17-22,38H2;(H,6,7)/q+1;/p-1. The van der Waals surface area contributed by atoms with Gasteiger partial charge in [-0.05, 0) is 81.7 Å². The SMILES string of the molecule is NCCCCCCNS(=O)(=O)c1ccccc1C1=c2cc3c4c(c2Oc2c1cc1c5c2CCCN5CCC1)CCC[N+]=4CCC3.O=C([O-])C(F)(F)F. The summed E-state index contributed by atoms with van der Waals surface area (Å²) < 4.78 is 72.3. The van der Waals surface area contributed by atoms with Gasteiger partial charge in [0, 0.05) is 71.2 Å². The Hall–Kier alpha value is -3.94.